The fourth-order valence-corrected chi connectivity index (χ4v) is 1.91. The van der Waals surface area contributed by atoms with E-state index in [1.54, 1.807) is 7.11 Å². The molecule has 0 saturated heterocycles. The van der Waals surface area contributed by atoms with Gasteiger partial charge in [-0.15, -0.1) is 10.2 Å². The highest BCUT2D eigenvalue weighted by Gasteiger charge is 2.08. The van der Waals surface area contributed by atoms with Gasteiger partial charge in [0.2, 0.25) is 0 Å². The zero-order valence-corrected chi connectivity index (χ0v) is 10.4. The predicted octanol–water partition coefficient (Wildman–Crippen LogP) is 3.06. The molecule has 2 heterocycles. The lowest BCUT2D eigenvalue weighted by Gasteiger charge is -2.03. The summed E-state index contributed by atoms with van der Waals surface area (Å²) in [5, 5.41) is 9.00. The lowest BCUT2D eigenvalue weighted by atomic mass is 10.2. The van der Waals surface area contributed by atoms with Gasteiger partial charge in [0.1, 0.15) is 5.75 Å². The van der Waals surface area contributed by atoms with Gasteiger partial charge in [0.05, 0.1) is 13.3 Å². The Balaban J connectivity index is 2.19. The van der Waals surface area contributed by atoms with Crippen LogP contribution in [0.5, 0.6) is 5.75 Å². The highest BCUT2D eigenvalue weighted by Crippen LogP contribution is 2.22. The number of rotatable bonds is 2. The number of ether oxygens (including phenoxy) is 1. The average Bonchev–Trinajstić information content (AvgIpc) is 2.82. The van der Waals surface area contributed by atoms with Gasteiger partial charge in [-0.3, -0.25) is 4.40 Å². The SMILES string of the molecule is COc1ccc2nnc(-c3ccc(Cl)cc3)n2c1. The smallest absolute Gasteiger partial charge is 0.168 e. The molecular formula is C13H10ClN3O. The molecule has 0 spiro atoms. The summed E-state index contributed by atoms with van der Waals surface area (Å²) in [7, 11) is 1.63. The van der Waals surface area contributed by atoms with Crippen molar-refractivity contribution in [1.29, 1.82) is 0 Å². The van der Waals surface area contributed by atoms with E-state index >= 15 is 0 Å². The number of pyridine rings is 1. The maximum atomic E-state index is 5.88. The molecule has 0 aliphatic heterocycles. The third-order valence-corrected chi connectivity index (χ3v) is 2.97. The van der Waals surface area contributed by atoms with E-state index in [2.05, 4.69) is 10.2 Å². The third kappa shape index (κ3) is 1.80. The van der Waals surface area contributed by atoms with Gasteiger partial charge in [-0.05, 0) is 36.4 Å². The third-order valence-electron chi connectivity index (χ3n) is 2.71. The summed E-state index contributed by atoms with van der Waals surface area (Å²) < 4.78 is 7.10. The first kappa shape index (κ1) is 11.0. The van der Waals surface area contributed by atoms with Crippen molar-refractivity contribution in [2.75, 3.05) is 7.11 Å². The van der Waals surface area contributed by atoms with Gasteiger partial charge in [-0.25, -0.2) is 0 Å². The second kappa shape index (κ2) is 4.31. The van der Waals surface area contributed by atoms with Crippen LogP contribution >= 0.6 is 11.6 Å². The Morgan fingerprint density at radius 1 is 1.06 bits per heavy atom. The first-order chi connectivity index (χ1) is 8.78. The minimum absolute atomic E-state index is 0.699. The van der Waals surface area contributed by atoms with E-state index in [4.69, 9.17) is 16.3 Å². The van der Waals surface area contributed by atoms with Crippen molar-refractivity contribution >= 4 is 17.2 Å². The van der Waals surface area contributed by atoms with Gasteiger partial charge in [0, 0.05) is 10.6 Å². The number of hydrogen-bond donors (Lipinski definition) is 0. The number of methoxy groups -OCH3 is 1. The minimum atomic E-state index is 0.699. The van der Waals surface area contributed by atoms with Gasteiger partial charge in [0.25, 0.3) is 0 Å². The van der Waals surface area contributed by atoms with Crippen LogP contribution in [-0.4, -0.2) is 21.7 Å². The molecule has 0 N–H and O–H groups in total. The Hall–Kier alpha value is -2.07. The lowest BCUT2D eigenvalue weighted by molar-refractivity contribution is 0.412. The summed E-state index contributed by atoms with van der Waals surface area (Å²) >= 11 is 5.88. The minimum Gasteiger partial charge on any atom is -0.495 e. The Morgan fingerprint density at radius 3 is 2.56 bits per heavy atom. The standard InChI is InChI=1S/C13H10ClN3O/c1-18-11-6-7-12-15-16-13(17(12)8-11)9-2-4-10(14)5-3-9/h2-8H,1H3. The van der Waals surface area contributed by atoms with E-state index in [0.717, 1.165) is 22.8 Å². The molecule has 0 amide bonds. The first-order valence-corrected chi connectivity index (χ1v) is 5.80. The van der Waals surface area contributed by atoms with Crippen LogP contribution in [0.1, 0.15) is 0 Å². The molecule has 3 rings (SSSR count). The molecule has 0 fully saturated rings. The van der Waals surface area contributed by atoms with Crippen molar-refractivity contribution in [3.8, 4) is 17.1 Å². The van der Waals surface area contributed by atoms with Gasteiger partial charge < -0.3 is 4.74 Å². The summed E-state index contributed by atoms with van der Waals surface area (Å²) in [5.74, 6) is 1.53. The Kier molecular flexibility index (Phi) is 2.64. The van der Waals surface area contributed by atoms with Crippen molar-refractivity contribution in [3.63, 3.8) is 0 Å². The van der Waals surface area contributed by atoms with Crippen LogP contribution in [0, 0.1) is 0 Å². The molecule has 3 aromatic rings. The molecular weight excluding hydrogens is 250 g/mol. The second-order valence-electron chi connectivity index (χ2n) is 3.83. The van der Waals surface area contributed by atoms with Gasteiger partial charge in [-0.2, -0.15) is 0 Å². The molecule has 0 radical (unpaired) electrons. The van der Waals surface area contributed by atoms with E-state index in [9.17, 15) is 0 Å². The summed E-state index contributed by atoms with van der Waals surface area (Å²) in [6.45, 7) is 0. The number of benzene rings is 1. The van der Waals surface area contributed by atoms with E-state index in [1.165, 1.54) is 0 Å². The van der Waals surface area contributed by atoms with Crippen molar-refractivity contribution < 1.29 is 4.74 Å². The molecule has 0 bridgehead atoms. The maximum Gasteiger partial charge on any atom is 0.168 e. The summed E-state index contributed by atoms with van der Waals surface area (Å²) in [4.78, 5) is 0. The largest absolute Gasteiger partial charge is 0.495 e. The predicted molar refractivity (Wildman–Crippen MR) is 70.0 cm³/mol. The molecule has 2 aromatic heterocycles. The quantitative estimate of drug-likeness (QED) is 0.710. The van der Waals surface area contributed by atoms with Crippen LogP contribution in [-0.2, 0) is 0 Å². The highest BCUT2D eigenvalue weighted by molar-refractivity contribution is 6.30. The average molecular weight is 260 g/mol. The molecule has 5 heteroatoms. The molecule has 1 aromatic carbocycles. The molecule has 90 valence electrons. The van der Waals surface area contributed by atoms with Crippen molar-refractivity contribution in [2.24, 2.45) is 0 Å². The molecule has 0 unspecified atom stereocenters. The molecule has 0 atom stereocenters. The molecule has 0 aliphatic rings. The summed E-state index contributed by atoms with van der Waals surface area (Å²) in [6.07, 6.45) is 1.86. The number of nitrogens with zero attached hydrogens (tertiary/aromatic N) is 3. The Labute approximate surface area is 109 Å². The Bertz CT molecular complexity index is 691. The fourth-order valence-electron chi connectivity index (χ4n) is 1.79. The number of aromatic nitrogens is 3. The zero-order valence-electron chi connectivity index (χ0n) is 9.67. The maximum absolute atomic E-state index is 5.88. The van der Waals surface area contributed by atoms with Crippen LogP contribution in [0.4, 0.5) is 0 Å². The van der Waals surface area contributed by atoms with Crippen molar-refractivity contribution in [2.45, 2.75) is 0 Å². The van der Waals surface area contributed by atoms with Crippen LogP contribution in [0.25, 0.3) is 17.0 Å². The highest BCUT2D eigenvalue weighted by atomic mass is 35.5. The topological polar surface area (TPSA) is 39.4 Å². The lowest BCUT2D eigenvalue weighted by Crippen LogP contribution is -1.91. The second-order valence-corrected chi connectivity index (χ2v) is 4.26. The zero-order chi connectivity index (χ0) is 12.5. The first-order valence-electron chi connectivity index (χ1n) is 5.42. The molecule has 18 heavy (non-hydrogen) atoms. The fraction of sp³-hybridized carbons (Fsp3) is 0.0769. The number of halogens is 1. The van der Waals surface area contributed by atoms with Crippen LogP contribution in [0.2, 0.25) is 5.02 Å². The van der Waals surface area contributed by atoms with Crippen LogP contribution in [0.15, 0.2) is 42.6 Å². The normalized spacial score (nSPS) is 10.8. The molecule has 0 saturated carbocycles. The van der Waals surface area contributed by atoms with Crippen molar-refractivity contribution in [3.05, 3.63) is 47.6 Å². The molecule has 0 aliphatic carbocycles. The van der Waals surface area contributed by atoms with Crippen LogP contribution < -0.4 is 4.74 Å². The summed E-state index contributed by atoms with van der Waals surface area (Å²) in [5.41, 5.74) is 1.74. The monoisotopic (exact) mass is 259 g/mol. The van der Waals surface area contributed by atoms with E-state index in [-0.39, 0.29) is 0 Å². The molecule has 4 nitrogen and oxygen atoms in total. The van der Waals surface area contributed by atoms with Gasteiger partial charge in [0.15, 0.2) is 11.5 Å². The van der Waals surface area contributed by atoms with E-state index in [0.29, 0.717) is 5.02 Å². The van der Waals surface area contributed by atoms with Crippen LogP contribution in [0.3, 0.4) is 0 Å². The van der Waals surface area contributed by atoms with Gasteiger partial charge in [-0.1, -0.05) is 11.6 Å². The summed E-state index contributed by atoms with van der Waals surface area (Å²) in [6, 6.07) is 11.2. The van der Waals surface area contributed by atoms with Crippen molar-refractivity contribution in [1.82, 2.24) is 14.6 Å². The van der Waals surface area contributed by atoms with E-state index in [1.807, 2.05) is 47.0 Å². The Morgan fingerprint density at radius 2 is 1.83 bits per heavy atom. The number of fused-ring (bicyclic) bond motifs is 1. The van der Waals surface area contributed by atoms with E-state index < -0.39 is 0 Å². The van der Waals surface area contributed by atoms with Gasteiger partial charge >= 0.3 is 0 Å². The number of hydrogen-bond acceptors (Lipinski definition) is 3.